The summed E-state index contributed by atoms with van der Waals surface area (Å²) in [7, 11) is -1.56. The Morgan fingerprint density at radius 3 is 2.48 bits per heavy atom. The number of anilines is 1. The average molecular weight is 452 g/mol. The van der Waals surface area contributed by atoms with E-state index in [1.54, 1.807) is 35.2 Å². The van der Waals surface area contributed by atoms with E-state index in [1.165, 1.54) is 11.8 Å². The zero-order valence-electron chi connectivity index (χ0n) is 15.2. The number of nitrogens with two attached hydrogens (primary N) is 2. The molecule has 4 N–H and O–H groups in total. The normalized spacial score (nSPS) is 11.9. The van der Waals surface area contributed by atoms with E-state index in [0.29, 0.717) is 16.5 Å². The van der Waals surface area contributed by atoms with E-state index in [0.717, 1.165) is 10.5 Å². The van der Waals surface area contributed by atoms with E-state index in [-0.39, 0.29) is 30.1 Å². The first-order valence-electron chi connectivity index (χ1n) is 8.40. The standard InChI is InChI=1S/C18H18ClN5O3S2/c19-14-3-1-2-4-15(14)28-11-17(25)24(10-16-22-23-18(20)27-16)9-12-5-7-13(8-6-12)29(21)26/h1-8H,9-11,21H2,(H2,20,23). The summed E-state index contributed by atoms with van der Waals surface area (Å²) in [5, 5.41) is 13.4. The number of carbonyl (C=O) groups is 1. The number of hydrogen-bond acceptors (Lipinski definition) is 7. The van der Waals surface area contributed by atoms with Gasteiger partial charge in [-0.15, -0.1) is 16.9 Å². The number of hydrogen-bond donors (Lipinski definition) is 2. The van der Waals surface area contributed by atoms with Crippen LogP contribution in [0.5, 0.6) is 0 Å². The Morgan fingerprint density at radius 2 is 1.86 bits per heavy atom. The van der Waals surface area contributed by atoms with Gasteiger partial charge >= 0.3 is 6.01 Å². The van der Waals surface area contributed by atoms with E-state index < -0.39 is 11.0 Å². The molecule has 1 unspecified atom stereocenters. The van der Waals surface area contributed by atoms with Crippen molar-refractivity contribution in [2.75, 3.05) is 11.5 Å². The Labute approximate surface area is 179 Å². The summed E-state index contributed by atoms with van der Waals surface area (Å²) in [4.78, 5) is 15.8. The van der Waals surface area contributed by atoms with Gasteiger partial charge in [0.05, 0.1) is 22.2 Å². The van der Waals surface area contributed by atoms with Crippen LogP contribution in [0.1, 0.15) is 11.5 Å². The maximum atomic E-state index is 12.9. The Kier molecular flexibility index (Phi) is 7.26. The predicted molar refractivity (Wildman–Crippen MR) is 112 cm³/mol. The molecule has 152 valence electrons. The third-order valence-electron chi connectivity index (χ3n) is 3.88. The molecule has 0 radical (unpaired) electrons. The minimum atomic E-state index is -1.56. The van der Waals surface area contributed by atoms with E-state index >= 15 is 0 Å². The van der Waals surface area contributed by atoms with Crippen molar-refractivity contribution in [2.24, 2.45) is 5.14 Å². The van der Waals surface area contributed by atoms with Crippen LogP contribution >= 0.6 is 23.4 Å². The molecule has 0 fully saturated rings. The molecule has 3 rings (SSSR count). The molecule has 0 spiro atoms. The van der Waals surface area contributed by atoms with Crippen LogP contribution in [-0.2, 0) is 28.9 Å². The van der Waals surface area contributed by atoms with Crippen LogP contribution in [0.3, 0.4) is 0 Å². The van der Waals surface area contributed by atoms with Gasteiger partial charge in [0.25, 0.3) is 0 Å². The summed E-state index contributed by atoms with van der Waals surface area (Å²) in [6.45, 7) is 0.401. The molecule has 8 nitrogen and oxygen atoms in total. The second kappa shape index (κ2) is 9.88. The fraction of sp³-hybridized carbons (Fsp3) is 0.167. The van der Waals surface area contributed by atoms with Crippen molar-refractivity contribution in [2.45, 2.75) is 22.9 Å². The predicted octanol–water partition coefficient (Wildman–Crippen LogP) is 2.61. The van der Waals surface area contributed by atoms with Crippen LogP contribution in [0.25, 0.3) is 0 Å². The van der Waals surface area contributed by atoms with Crippen molar-refractivity contribution in [3.05, 3.63) is 65.0 Å². The summed E-state index contributed by atoms with van der Waals surface area (Å²) >= 11 is 7.51. The lowest BCUT2D eigenvalue weighted by Crippen LogP contribution is -2.31. The molecule has 0 saturated carbocycles. The third kappa shape index (κ3) is 6.04. The van der Waals surface area contributed by atoms with Crippen LogP contribution < -0.4 is 10.9 Å². The molecular formula is C18H18ClN5O3S2. The summed E-state index contributed by atoms with van der Waals surface area (Å²) in [6.07, 6.45) is 0. The van der Waals surface area contributed by atoms with Gasteiger partial charge < -0.3 is 15.1 Å². The lowest BCUT2D eigenvalue weighted by atomic mass is 10.2. The minimum absolute atomic E-state index is 0.0624. The number of aromatic nitrogens is 2. The second-order valence-corrected chi connectivity index (χ2v) is 8.43. The van der Waals surface area contributed by atoms with Crippen molar-refractivity contribution in [3.63, 3.8) is 0 Å². The highest BCUT2D eigenvalue weighted by molar-refractivity contribution is 8.00. The highest BCUT2D eigenvalue weighted by atomic mass is 35.5. The molecule has 0 saturated heterocycles. The first kappa shape index (κ1) is 21.3. The van der Waals surface area contributed by atoms with Crippen LogP contribution in [0, 0.1) is 0 Å². The summed E-state index contributed by atoms with van der Waals surface area (Å²) in [6, 6.07) is 14.1. The van der Waals surface area contributed by atoms with Crippen molar-refractivity contribution in [3.8, 4) is 0 Å². The van der Waals surface area contributed by atoms with Crippen LogP contribution in [0.2, 0.25) is 5.02 Å². The van der Waals surface area contributed by atoms with Crippen LogP contribution in [0.4, 0.5) is 6.01 Å². The number of halogens is 1. The van der Waals surface area contributed by atoms with Crippen LogP contribution in [-0.4, -0.2) is 31.0 Å². The first-order chi connectivity index (χ1) is 13.9. The van der Waals surface area contributed by atoms with E-state index in [2.05, 4.69) is 10.2 Å². The van der Waals surface area contributed by atoms with Gasteiger partial charge in [-0.3, -0.25) is 4.79 Å². The lowest BCUT2D eigenvalue weighted by Gasteiger charge is -2.21. The van der Waals surface area contributed by atoms with Gasteiger partial charge in [0.1, 0.15) is 11.0 Å². The molecule has 2 aromatic carbocycles. The van der Waals surface area contributed by atoms with Gasteiger partial charge in [-0.05, 0) is 29.8 Å². The molecule has 0 aliphatic carbocycles. The SMILES string of the molecule is Nc1nnc(CN(Cc2ccc(S(N)=O)cc2)C(=O)CSc2ccccc2Cl)o1. The molecule has 29 heavy (non-hydrogen) atoms. The van der Waals surface area contributed by atoms with Gasteiger partial charge in [-0.1, -0.05) is 41.0 Å². The fourth-order valence-electron chi connectivity index (χ4n) is 2.47. The largest absolute Gasteiger partial charge is 0.406 e. The molecule has 1 atom stereocenters. The van der Waals surface area contributed by atoms with Crippen molar-refractivity contribution in [1.29, 1.82) is 0 Å². The van der Waals surface area contributed by atoms with Gasteiger partial charge in [-0.25, -0.2) is 9.35 Å². The number of benzene rings is 2. The molecule has 0 aliphatic heterocycles. The third-order valence-corrected chi connectivity index (χ3v) is 6.11. The molecule has 1 amide bonds. The number of thioether (sulfide) groups is 1. The smallest absolute Gasteiger partial charge is 0.312 e. The molecule has 0 aliphatic rings. The fourth-order valence-corrected chi connectivity index (χ4v) is 4.01. The molecule has 1 heterocycles. The second-order valence-electron chi connectivity index (χ2n) is 5.94. The molecule has 0 bridgehead atoms. The number of nitrogens with zero attached hydrogens (tertiary/aromatic N) is 3. The molecule has 1 aromatic heterocycles. The zero-order chi connectivity index (χ0) is 20.8. The van der Waals surface area contributed by atoms with Gasteiger partial charge in [-0.2, -0.15) is 0 Å². The van der Waals surface area contributed by atoms with Gasteiger partial charge in [0.15, 0.2) is 0 Å². The van der Waals surface area contributed by atoms with Gasteiger partial charge in [0.2, 0.25) is 11.8 Å². The number of nitrogen functional groups attached to an aromatic ring is 1. The summed E-state index contributed by atoms with van der Waals surface area (Å²) in [5.41, 5.74) is 6.31. The molecule has 11 heteroatoms. The monoisotopic (exact) mass is 451 g/mol. The first-order valence-corrected chi connectivity index (χ1v) is 11.0. The molecular weight excluding hydrogens is 434 g/mol. The lowest BCUT2D eigenvalue weighted by molar-refractivity contribution is -0.129. The maximum Gasteiger partial charge on any atom is 0.312 e. The van der Waals surface area contributed by atoms with E-state index in [9.17, 15) is 9.00 Å². The zero-order valence-corrected chi connectivity index (χ0v) is 17.5. The van der Waals surface area contributed by atoms with Crippen molar-refractivity contribution < 1.29 is 13.4 Å². The number of amides is 1. The molecule has 3 aromatic rings. The highest BCUT2D eigenvalue weighted by Gasteiger charge is 2.19. The Hall–Kier alpha value is -2.40. The maximum absolute atomic E-state index is 12.9. The number of rotatable bonds is 8. The van der Waals surface area contributed by atoms with E-state index in [4.69, 9.17) is 26.9 Å². The van der Waals surface area contributed by atoms with Gasteiger partial charge in [0, 0.05) is 11.4 Å². The van der Waals surface area contributed by atoms with E-state index in [1.807, 2.05) is 18.2 Å². The van der Waals surface area contributed by atoms with Crippen molar-refractivity contribution >= 4 is 46.3 Å². The Balaban J connectivity index is 1.73. The quantitative estimate of drug-likeness (QED) is 0.503. The topological polar surface area (TPSA) is 128 Å². The number of carbonyl (C=O) groups excluding carboxylic acids is 1. The summed E-state index contributed by atoms with van der Waals surface area (Å²) in [5.74, 6) is 0.273. The Morgan fingerprint density at radius 1 is 1.14 bits per heavy atom. The highest BCUT2D eigenvalue weighted by Crippen LogP contribution is 2.27. The van der Waals surface area contributed by atoms with Crippen molar-refractivity contribution in [1.82, 2.24) is 15.1 Å². The van der Waals surface area contributed by atoms with Crippen LogP contribution in [0.15, 0.2) is 62.7 Å². The summed E-state index contributed by atoms with van der Waals surface area (Å²) < 4.78 is 16.6. The minimum Gasteiger partial charge on any atom is -0.406 e. The average Bonchev–Trinajstić information content (AvgIpc) is 3.11. The Bertz CT molecular complexity index is 1010.